The van der Waals surface area contributed by atoms with Crippen molar-refractivity contribution < 1.29 is 9.47 Å². The molecule has 0 radical (unpaired) electrons. The van der Waals surface area contributed by atoms with Gasteiger partial charge in [-0.2, -0.15) is 0 Å². The van der Waals surface area contributed by atoms with Crippen LogP contribution in [0.2, 0.25) is 0 Å². The fourth-order valence-electron chi connectivity index (χ4n) is 3.14. The van der Waals surface area contributed by atoms with Crippen LogP contribution < -0.4 is 10.6 Å². The summed E-state index contributed by atoms with van der Waals surface area (Å²) >= 11 is 0. The molecule has 1 unspecified atom stereocenters. The quantitative estimate of drug-likeness (QED) is 0.279. The second kappa shape index (κ2) is 12.3. The summed E-state index contributed by atoms with van der Waals surface area (Å²) in [5, 5.41) is 6.76. The van der Waals surface area contributed by atoms with Crippen molar-refractivity contribution >= 4 is 5.96 Å². The molecule has 5 nitrogen and oxygen atoms in total. The van der Waals surface area contributed by atoms with E-state index in [0.29, 0.717) is 5.92 Å². The molecule has 2 aliphatic rings. The summed E-state index contributed by atoms with van der Waals surface area (Å²) in [6, 6.07) is 0. The third-order valence-corrected chi connectivity index (χ3v) is 4.56. The van der Waals surface area contributed by atoms with Crippen molar-refractivity contribution in [3.8, 4) is 0 Å². The summed E-state index contributed by atoms with van der Waals surface area (Å²) in [7, 11) is 0. The summed E-state index contributed by atoms with van der Waals surface area (Å²) in [5.74, 6) is 1.53. The number of allylic oxidation sites excluding steroid dienone is 1. The molecule has 0 spiro atoms. The molecule has 0 saturated carbocycles. The van der Waals surface area contributed by atoms with E-state index in [-0.39, 0.29) is 0 Å². The highest BCUT2D eigenvalue weighted by Gasteiger charge is 2.15. The van der Waals surface area contributed by atoms with Crippen LogP contribution in [0.4, 0.5) is 0 Å². The highest BCUT2D eigenvalue weighted by Crippen LogP contribution is 2.19. The lowest BCUT2D eigenvalue weighted by molar-refractivity contribution is 0.0893. The van der Waals surface area contributed by atoms with E-state index in [9.17, 15) is 0 Å². The Kier molecular flexibility index (Phi) is 9.88. The highest BCUT2D eigenvalue weighted by molar-refractivity contribution is 5.79. The minimum absolute atomic E-state index is 0.599. The maximum atomic E-state index is 5.72. The number of rotatable bonds is 10. The zero-order chi connectivity index (χ0) is 16.9. The van der Waals surface area contributed by atoms with E-state index < -0.39 is 0 Å². The molecule has 1 aliphatic heterocycles. The van der Waals surface area contributed by atoms with E-state index in [2.05, 4.69) is 28.6 Å². The summed E-state index contributed by atoms with van der Waals surface area (Å²) in [6.07, 6.45) is 10.9. The first-order valence-corrected chi connectivity index (χ1v) is 9.74. The van der Waals surface area contributed by atoms with Gasteiger partial charge in [0.15, 0.2) is 5.96 Å². The Labute approximate surface area is 147 Å². The Bertz CT molecular complexity index is 390. The number of aliphatic imine (C=N–C) groups is 1. The molecule has 1 heterocycles. The molecule has 1 fully saturated rings. The fraction of sp³-hybridized carbons (Fsp3) is 0.842. The predicted molar refractivity (Wildman–Crippen MR) is 99.5 cm³/mol. The molecular formula is C19H35N3O2. The number of nitrogens with one attached hydrogen (secondary N) is 2. The van der Waals surface area contributed by atoms with E-state index in [1.165, 1.54) is 25.7 Å². The van der Waals surface area contributed by atoms with Gasteiger partial charge in [-0.05, 0) is 51.9 Å². The summed E-state index contributed by atoms with van der Waals surface area (Å²) in [4.78, 5) is 4.64. The smallest absolute Gasteiger partial charge is 0.191 e. The number of nitrogens with zero attached hydrogens (tertiary/aromatic N) is 1. The first-order valence-electron chi connectivity index (χ1n) is 9.74. The van der Waals surface area contributed by atoms with Crippen LogP contribution in [-0.2, 0) is 9.47 Å². The molecule has 1 saturated heterocycles. The molecule has 0 aromatic heterocycles. The van der Waals surface area contributed by atoms with E-state index in [0.717, 1.165) is 71.3 Å². The molecule has 0 amide bonds. The zero-order valence-electron chi connectivity index (χ0n) is 15.3. The average molecular weight is 338 g/mol. The van der Waals surface area contributed by atoms with Crippen LogP contribution in [0, 0.1) is 5.92 Å². The minimum atomic E-state index is 0.599. The van der Waals surface area contributed by atoms with Crippen LogP contribution in [-0.4, -0.2) is 52.0 Å². The van der Waals surface area contributed by atoms with Crippen LogP contribution in [0.3, 0.4) is 0 Å². The van der Waals surface area contributed by atoms with Crippen LogP contribution >= 0.6 is 0 Å². The molecule has 0 aromatic carbocycles. The molecule has 24 heavy (non-hydrogen) atoms. The monoisotopic (exact) mass is 337 g/mol. The maximum absolute atomic E-state index is 5.72. The Morgan fingerprint density at radius 3 is 3.08 bits per heavy atom. The molecule has 1 aliphatic carbocycles. The number of hydrogen-bond donors (Lipinski definition) is 2. The van der Waals surface area contributed by atoms with Crippen LogP contribution in [0.15, 0.2) is 16.6 Å². The number of ether oxygens (including phenoxy) is 2. The van der Waals surface area contributed by atoms with E-state index in [1.807, 2.05) is 0 Å². The van der Waals surface area contributed by atoms with Crippen LogP contribution in [0.25, 0.3) is 0 Å². The van der Waals surface area contributed by atoms with Crippen molar-refractivity contribution in [3.05, 3.63) is 11.6 Å². The maximum Gasteiger partial charge on any atom is 0.191 e. The second-order valence-corrected chi connectivity index (χ2v) is 6.70. The lowest BCUT2D eigenvalue weighted by Gasteiger charge is -2.15. The third kappa shape index (κ3) is 8.15. The van der Waals surface area contributed by atoms with Crippen LogP contribution in [0.1, 0.15) is 51.9 Å². The van der Waals surface area contributed by atoms with Gasteiger partial charge in [0.1, 0.15) is 0 Å². The SMILES string of the molecule is CCNC(=NCCCOCC1CCOC1)NCCC1=CCCCC1. The van der Waals surface area contributed by atoms with Crippen molar-refractivity contribution in [2.24, 2.45) is 10.9 Å². The summed E-state index contributed by atoms with van der Waals surface area (Å²) in [6.45, 7) is 8.15. The topological polar surface area (TPSA) is 54.9 Å². The first kappa shape index (κ1) is 19.3. The van der Waals surface area contributed by atoms with Gasteiger partial charge in [-0.15, -0.1) is 0 Å². The largest absolute Gasteiger partial charge is 0.381 e. The van der Waals surface area contributed by atoms with Crippen molar-refractivity contribution in [1.29, 1.82) is 0 Å². The van der Waals surface area contributed by atoms with Crippen LogP contribution in [0.5, 0.6) is 0 Å². The van der Waals surface area contributed by atoms with Gasteiger partial charge in [-0.3, -0.25) is 4.99 Å². The van der Waals surface area contributed by atoms with Gasteiger partial charge < -0.3 is 20.1 Å². The van der Waals surface area contributed by atoms with E-state index in [4.69, 9.17) is 9.47 Å². The Balaban J connectivity index is 1.54. The fourth-order valence-corrected chi connectivity index (χ4v) is 3.14. The lowest BCUT2D eigenvalue weighted by Crippen LogP contribution is -2.38. The zero-order valence-corrected chi connectivity index (χ0v) is 15.3. The summed E-state index contributed by atoms with van der Waals surface area (Å²) in [5.41, 5.74) is 1.61. The van der Waals surface area contributed by atoms with Crippen molar-refractivity contribution in [1.82, 2.24) is 10.6 Å². The van der Waals surface area contributed by atoms with Crippen molar-refractivity contribution in [2.75, 3.05) is 46.1 Å². The van der Waals surface area contributed by atoms with Gasteiger partial charge in [-0.1, -0.05) is 11.6 Å². The molecular weight excluding hydrogens is 302 g/mol. The molecule has 2 N–H and O–H groups in total. The third-order valence-electron chi connectivity index (χ3n) is 4.56. The molecule has 0 aromatic rings. The van der Waals surface area contributed by atoms with Gasteiger partial charge in [0.05, 0.1) is 13.2 Å². The highest BCUT2D eigenvalue weighted by atomic mass is 16.5. The standard InChI is InChI=1S/C19H35N3O2/c1-2-20-19(22-12-9-17-7-4-3-5-8-17)21-11-6-13-23-15-18-10-14-24-16-18/h7,18H,2-6,8-16H2,1H3,(H2,20,21,22). The number of hydrogen-bond acceptors (Lipinski definition) is 3. The molecule has 0 bridgehead atoms. The van der Waals surface area contributed by atoms with Gasteiger partial charge in [0.25, 0.3) is 0 Å². The van der Waals surface area contributed by atoms with E-state index in [1.54, 1.807) is 5.57 Å². The van der Waals surface area contributed by atoms with Gasteiger partial charge in [0.2, 0.25) is 0 Å². The van der Waals surface area contributed by atoms with Crippen molar-refractivity contribution in [3.63, 3.8) is 0 Å². The summed E-state index contributed by atoms with van der Waals surface area (Å²) < 4.78 is 11.1. The second-order valence-electron chi connectivity index (χ2n) is 6.70. The average Bonchev–Trinajstić information content (AvgIpc) is 3.12. The molecule has 138 valence electrons. The first-order chi connectivity index (χ1) is 11.9. The Morgan fingerprint density at radius 1 is 1.38 bits per heavy atom. The van der Waals surface area contributed by atoms with Gasteiger partial charge >= 0.3 is 0 Å². The van der Waals surface area contributed by atoms with Crippen molar-refractivity contribution in [2.45, 2.75) is 51.9 Å². The van der Waals surface area contributed by atoms with E-state index >= 15 is 0 Å². The lowest BCUT2D eigenvalue weighted by atomic mass is 9.97. The normalized spacial score (nSPS) is 21.6. The minimum Gasteiger partial charge on any atom is -0.381 e. The Hall–Kier alpha value is -1.07. The van der Waals surface area contributed by atoms with Gasteiger partial charge in [0, 0.05) is 38.8 Å². The Morgan fingerprint density at radius 2 is 2.33 bits per heavy atom. The molecule has 1 atom stereocenters. The predicted octanol–water partition coefficient (Wildman–Crippen LogP) is 2.88. The van der Waals surface area contributed by atoms with Gasteiger partial charge in [-0.25, -0.2) is 0 Å². The molecule has 2 rings (SSSR count). The number of guanidine groups is 1. The molecule has 5 heteroatoms.